The van der Waals surface area contributed by atoms with Gasteiger partial charge in [0.15, 0.2) is 0 Å². The van der Waals surface area contributed by atoms with Crippen LogP contribution in [0.5, 0.6) is 0 Å². The van der Waals surface area contributed by atoms with Gasteiger partial charge in [0.05, 0.1) is 0 Å². The first kappa shape index (κ1) is 16.7. The summed E-state index contributed by atoms with van der Waals surface area (Å²) in [5.74, 6) is 0. The Morgan fingerprint density at radius 1 is 0.478 bits per heavy atom. The van der Waals surface area contributed by atoms with Crippen molar-refractivity contribution >= 4 is 21.1 Å². The molecular formula is C21H25AuP. The fourth-order valence-corrected chi connectivity index (χ4v) is 27.8. The molecule has 3 aromatic carbocycles. The van der Waals surface area contributed by atoms with Crippen molar-refractivity contribution < 1.29 is 16.6 Å². The third-order valence-corrected chi connectivity index (χ3v) is 29.0. The minimum absolute atomic E-state index is 1.55. The van der Waals surface area contributed by atoms with Gasteiger partial charge in [-0.3, -0.25) is 0 Å². The SMILES string of the molecule is [CH3][Au]([CH3])([CH3])[PH](c1ccccc1)(c1ccccc1)c1ccccc1. The Morgan fingerprint density at radius 2 is 0.739 bits per heavy atom. The van der Waals surface area contributed by atoms with Crippen LogP contribution in [-0.2, 0) is 16.6 Å². The van der Waals surface area contributed by atoms with E-state index >= 15 is 0 Å². The van der Waals surface area contributed by atoms with Crippen molar-refractivity contribution in [1.82, 2.24) is 0 Å². The number of rotatable bonds is 4. The zero-order chi connectivity index (χ0) is 16.3. The van der Waals surface area contributed by atoms with Gasteiger partial charge in [-0.25, -0.2) is 0 Å². The van der Waals surface area contributed by atoms with Crippen LogP contribution in [0, 0.1) is 0 Å². The second-order valence-corrected chi connectivity index (χ2v) is 31.0. The van der Waals surface area contributed by atoms with E-state index in [1.807, 2.05) is 0 Å². The van der Waals surface area contributed by atoms with E-state index in [1.165, 1.54) is 0 Å². The molecule has 2 heteroatoms. The summed E-state index contributed by atoms with van der Waals surface area (Å²) in [6.45, 7) is 0. The van der Waals surface area contributed by atoms with Crippen LogP contribution in [0.3, 0.4) is 0 Å². The summed E-state index contributed by atoms with van der Waals surface area (Å²) < 4.78 is 0. The molecule has 0 aliphatic rings. The summed E-state index contributed by atoms with van der Waals surface area (Å²) >= 11 is -1.94. The minimum atomic E-state index is -1.95. The molecule has 0 heterocycles. The van der Waals surface area contributed by atoms with Crippen molar-refractivity contribution in [3.63, 3.8) is 0 Å². The van der Waals surface area contributed by atoms with Crippen LogP contribution in [0.4, 0.5) is 0 Å². The van der Waals surface area contributed by atoms with E-state index in [2.05, 4.69) is 106 Å². The van der Waals surface area contributed by atoms with E-state index in [0.717, 1.165) is 0 Å². The average molecular weight is 505 g/mol. The topological polar surface area (TPSA) is 0 Å². The first-order valence-corrected chi connectivity index (χ1v) is 19.1. The second-order valence-electron chi connectivity index (χ2n) is 6.06. The first-order chi connectivity index (χ1) is 11.1. The molecule has 0 fully saturated rings. The maximum atomic E-state index is 2.57. The Balaban J connectivity index is 2.41. The molecule has 0 aliphatic carbocycles. The fraction of sp³-hybridized carbons (Fsp3) is 0.143. The molecule has 0 aromatic heterocycles. The van der Waals surface area contributed by atoms with Gasteiger partial charge in [0.2, 0.25) is 0 Å². The third kappa shape index (κ3) is 2.97. The fourth-order valence-electron chi connectivity index (χ4n) is 3.25. The van der Waals surface area contributed by atoms with E-state index in [1.54, 1.807) is 15.9 Å². The van der Waals surface area contributed by atoms with Crippen LogP contribution in [0.15, 0.2) is 91.0 Å². The van der Waals surface area contributed by atoms with Gasteiger partial charge in [0.25, 0.3) is 0 Å². The van der Waals surface area contributed by atoms with Gasteiger partial charge in [-0.2, -0.15) is 0 Å². The Hall–Kier alpha value is -1.17. The third-order valence-electron chi connectivity index (χ3n) is 4.13. The number of benzene rings is 3. The maximum absolute atomic E-state index is 2.57. The van der Waals surface area contributed by atoms with E-state index in [0.29, 0.717) is 0 Å². The van der Waals surface area contributed by atoms with Crippen molar-refractivity contribution in [3.8, 4) is 0 Å². The standard InChI is InChI=1S/C18H15P.3CH3.Au/c1-4-10-16(11-5-1)19(17-12-6-2-7-13-17)18-14-8-3-9-15-18;;;;/h1-15H;3*1H3;/q;;;;-1/p+1. The zero-order valence-corrected chi connectivity index (χ0v) is 17.1. The molecule has 0 bridgehead atoms. The van der Waals surface area contributed by atoms with Gasteiger partial charge < -0.3 is 0 Å². The molecule has 0 unspecified atom stereocenters. The molecule has 0 aliphatic heterocycles. The van der Waals surface area contributed by atoms with E-state index in [4.69, 9.17) is 0 Å². The van der Waals surface area contributed by atoms with Crippen LogP contribution in [0.2, 0.25) is 15.4 Å². The van der Waals surface area contributed by atoms with Crippen molar-refractivity contribution in [2.45, 2.75) is 15.4 Å². The van der Waals surface area contributed by atoms with Crippen molar-refractivity contribution in [1.29, 1.82) is 0 Å². The molecule has 0 N–H and O–H groups in total. The summed E-state index contributed by atoms with van der Waals surface area (Å²) in [6.07, 6.45) is 0. The van der Waals surface area contributed by atoms with Crippen LogP contribution >= 0.6 is 5.15 Å². The Labute approximate surface area is 143 Å². The molecule has 0 saturated heterocycles. The van der Waals surface area contributed by atoms with Crippen LogP contribution in [-0.4, -0.2) is 0 Å². The van der Waals surface area contributed by atoms with Crippen molar-refractivity contribution in [2.24, 2.45) is 0 Å². The summed E-state index contributed by atoms with van der Waals surface area (Å²) in [7, 11) is 0. The van der Waals surface area contributed by atoms with Crippen LogP contribution in [0.25, 0.3) is 0 Å². The second kappa shape index (κ2) is 6.75. The van der Waals surface area contributed by atoms with Crippen LogP contribution < -0.4 is 15.9 Å². The van der Waals surface area contributed by atoms with Gasteiger partial charge in [-0.1, -0.05) is 0 Å². The quantitative estimate of drug-likeness (QED) is 0.349. The molecule has 0 radical (unpaired) electrons. The summed E-state index contributed by atoms with van der Waals surface area (Å²) in [5.41, 5.74) is 0. The van der Waals surface area contributed by atoms with Gasteiger partial charge in [-0.15, -0.1) is 0 Å². The predicted octanol–water partition coefficient (Wildman–Crippen LogP) is 4.93. The summed E-state index contributed by atoms with van der Waals surface area (Å²) in [6, 6.07) is 33.8. The van der Waals surface area contributed by atoms with Gasteiger partial charge >= 0.3 is 144 Å². The average Bonchev–Trinajstić information content (AvgIpc) is 2.57. The number of hydrogen-bond donors (Lipinski definition) is 0. The molecule has 125 valence electrons. The molecular weight excluding hydrogens is 480 g/mol. The van der Waals surface area contributed by atoms with E-state index in [9.17, 15) is 0 Å². The van der Waals surface area contributed by atoms with Crippen molar-refractivity contribution in [3.05, 3.63) is 91.0 Å². The molecule has 3 rings (SSSR count). The molecule has 0 nitrogen and oxygen atoms in total. The molecule has 23 heavy (non-hydrogen) atoms. The van der Waals surface area contributed by atoms with Gasteiger partial charge in [0, 0.05) is 0 Å². The van der Waals surface area contributed by atoms with E-state index < -0.39 is 21.8 Å². The van der Waals surface area contributed by atoms with Crippen LogP contribution in [0.1, 0.15) is 0 Å². The number of hydrogen-bond acceptors (Lipinski definition) is 0. The van der Waals surface area contributed by atoms with Gasteiger partial charge in [-0.05, 0) is 0 Å². The van der Waals surface area contributed by atoms with Crippen molar-refractivity contribution in [2.75, 3.05) is 0 Å². The molecule has 0 atom stereocenters. The Kier molecular flexibility index (Phi) is 4.90. The monoisotopic (exact) mass is 505 g/mol. The Bertz CT molecular complexity index is 649. The van der Waals surface area contributed by atoms with Gasteiger partial charge in [0.1, 0.15) is 0 Å². The molecule has 3 aromatic rings. The molecule has 0 spiro atoms. The molecule has 0 amide bonds. The molecule has 0 saturated carbocycles. The Morgan fingerprint density at radius 3 is 0.957 bits per heavy atom. The normalized spacial score (nSPS) is 13.5. The van der Waals surface area contributed by atoms with E-state index in [-0.39, 0.29) is 0 Å². The summed E-state index contributed by atoms with van der Waals surface area (Å²) in [4.78, 5) is 0. The first-order valence-electron chi connectivity index (χ1n) is 7.54. The summed E-state index contributed by atoms with van der Waals surface area (Å²) in [5, 5.41) is 10.4. The predicted molar refractivity (Wildman–Crippen MR) is 104 cm³/mol. The zero-order valence-electron chi connectivity index (χ0n) is 14.0.